The van der Waals surface area contributed by atoms with Gasteiger partial charge in [0.2, 0.25) is 5.91 Å². The summed E-state index contributed by atoms with van der Waals surface area (Å²) in [7, 11) is 1.47. The third-order valence-corrected chi connectivity index (χ3v) is 6.99. The van der Waals surface area contributed by atoms with E-state index < -0.39 is 11.9 Å². The fraction of sp³-hybridized carbons (Fsp3) is 0.0938. The van der Waals surface area contributed by atoms with Crippen LogP contribution >= 0.6 is 0 Å². The van der Waals surface area contributed by atoms with Crippen molar-refractivity contribution < 1.29 is 19.4 Å². The van der Waals surface area contributed by atoms with E-state index in [9.17, 15) is 14.7 Å². The fourth-order valence-electron chi connectivity index (χ4n) is 4.99. The Bertz CT molecular complexity index is 1770. The SMILES string of the molecule is COc1ccc(-c2cc(C(N)=O)ccc2Cn2cc(Cc3ccccc3)c3cc(C(=N)N)ccc32)c(C(=O)O)c1. The topological polar surface area (TPSA) is 144 Å². The maximum Gasteiger partial charge on any atom is 0.336 e. The number of carbonyl (C=O) groups excluding carboxylic acids is 1. The molecule has 1 amide bonds. The summed E-state index contributed by atoms with van der Waals surface area (Å²) in [6, 6.07) is 25.7. The second kappa shape index (κ2) is 10.8. The van der Waals surface area contributed by atoms with E-state index >= 15 is 0 Å². The maximum atomic E-state index is 12.2. The summed E-state index contributed by atoms with van der Waals surface area (Å²) in [6.45, 7) is 0.393. The van der Waals surface area contributed by atoms with Crippen molar-refractivity contribution >= 4 is 28.6 Å². The van der Waals surface area contributed by atoms with Crippen LogP contribution in [0.1, 0.15) is 43.0 Å². The molecule has 0 saturated heterocycles. The zero-order valence-electron chi connectivity index (χ0n) is 21.8. The van der Waals surface area contributed by atoms with Gasteiger partial charge in [-0.3, -0.25) is 10.2 Å². The Morgan fingerprint density at radius 3 is 2.30 bits per heavy atom. The molecule has 0 spiro atoms. The summed E-state index contributed by atoms with van der Waals surface area (Å²) in [5.74, 6) is -1.31. The monoisotopic (exact) mass is 532 g/mol. The van der Waals surface area contributed by atoms with Crippen LogP contribution in [0.25, 0.3) is 22.0 Å². The minimum atomic E-state index is -1.11. The minimum Gasteiger partial charge on any atom is -0.497 e. The van der Waals surface area contributed by atoms with Gasteiger partial charge in [0.25, 0.3) is 0 Å². The van der Waals surface area contributed by atoms with E-state index in [-0.39, 0.29) is 17.0 Å². The molecule has 5 aromatic rings. The van der Waals surface area contributed by atoms with Crippen molar-refractivity contribution in [1.29, 1.82) is 5.41 Å². The number of ether oxygens (including phenoxy) is 1. The number of methoxy groups -OCH3 is 1. The number of fused-ring (bicyclic) bond motifs is 1. The number of carbonyl (C=O) groups is 2. The zero-order chi connectivity index (χ0) is 28.4. The van der Waals surface area contributed by atoms with Crippen LogP contribution in [-0.4, -0.2) is 34.5 Å². The number of carboxylic acids is 1. The normalized spacial score (nSPS) is 10.9. The molecule has 0 radical (unpaired) electrons. The Kier molecular flexibility index (Phi) is 7.07. The number of nitrogens with two attached hydrogens (primary N) is 2. The molecule has 0 bridgehead atoms. The van der Waals surface area contributed by atoms with Crippen LogP contribution in [0.3, 0.4) is 0 Å². The predicted octanol–water partition coefficient (Wildman–Crippen LogP) is 5.04. The van der Waals surface area contributed by atoms with Crippen LogP contribution in [0.4, 0.5) is 0 Å². The van der Waals surface area contributed by atoms with E-state index in [2.05, 4.69) is 22.9 Å². The molecule has 0 unspecified atom stereocenters. The van der Waals surface area contributed by atoms with Crippen molar-refractivity contribution in [2.45, 2.75) is 13.0 Å². The summed E-state index contributed by atoms with van der Waals surface area (Å²) < 4.78 is 7.33. The molecular formula is C32H28N4O4. The molecule has 40 heavy (non-hydrogen) atoms. The van der Waals surface area contributed by atoms with Crippen LogP contribution in [-0.2, 0) is 13.0 Å². The number of rotatable bonds is 9. The van der Waals surface area contributed by atoms with Crippen molar-refractivity contribution in [2.75, 3.05) is 7.11 Å². The Labute approximate surface area is 230 Å². The lowest BCUT2D eigenvalue weighted by Crippen LogP contribution is -2.12. The van der Waals surface area contributed by atoms with Crippen LogP contribution in [0.15, 0.2) is 91.1 Å². The van der Waals surface area contributed by atoms with E-state index in [1.165, 1.54) is 13.2 Å². The molecule has 200 valence electrons. The lowest BCUT2D eigenvalue weighted by atomic mass is 9.93. The van der Waals surface area contributed by atoms with Gasteiger partial charge in [0.1, 0.15) is 11.6 Å². The Morgan fingerprint density at radius 2 is 1.62 bits per heavy atom. The summed E-state index contributed by atoms with van der Waals surface area (Å²) in [4.78, 5) is 24.3. The minimum absolute atomic E-state index is 0.00894. The number of amides is 1. The van der Waals surface area contributed by atoms with Crippen LogP contribution in [0.5, 0.6) is 5.75 Å². The van der Waals surface area contributed by atoms with E-state index in [1.807, 2.05) is 36.4 Å². The third-order valence-electron chi connectivity index (χ3n) is 6.99. The molecule has 4 aromatic carbocycles. The summed E-state index contributed by atoms with van der Waals surface area (Å²) >= 11 is 0. The lowest BCUT2D eigenvalue weighted by Gasteiger charge is -2.16. The molecule has 5 rings (SSSR count). The van der Waals surface area contributed by atoms with Crippen molar-refractivity contribution in [1.82, 2.24) is 4.57 Å². The number of hydrogen-bond donors (Lipinski definition) is 4. The van der Waals surface area contributed by atoms with Gasteiger partial charge in [-0.15, -0.1) is 0 Å². The van der Waals surface area contributed by atoms with Crippen LogP contribution in [0.2, 0.25) is 0 Å². The number of aromatic nitrogens is 1. The molecule has 1 heterocycles. The summed E-state index contributed by atoms with van der Waals surface area (Å²) in [5, 5.41) is 18.9. The van der Waals surface area contributed by atoms with Gasteiger partial charge in [-0.2, -0.15) is 0 Å². The van der Waals surface area contributed by atoms with Crippen LogP contribution in [0, 0.1) is 5.41 Å². The third kappa shape index (κ3) is 5.15. The van der Waals surface area contributed by atoms with Gasteiger partial charge in [0, 0.05) is 34.8 Å². The smallest absolute Gasteiger partial charge is 0.336 e. The van der Waals surface area contributed by atoms with Gasteiger partial charge in [-0.1, -0.05) is 36.4 Å². The molecule has 0 fully saturated rings. The molecule has 1 aromatic heterocycles. The maximum absolute atomic E-state index is 12.2. The zero-order valence-corrected chi connectivity index (χ0v) is 21.8. The average Bonchev–Trinajstić information content (AvgIpc) is 3.29. The van der Waals surface area contributed by atoms with Crippen molar-refractivity contribution in [3.8, 4) is 16.9 Å². The van der Waals surface area contributed by atoms with Crippen LogP contribution < -0.4 is 16.2 Å². The molecule has 0 saturated carbocycles. The van der Waals surface area contributed by atoms with Gasteiger partial charge in [-0.05, 0) is 82.8 Å². The highest BCUT2D eigenvalue weighted by atomic mass is 16.5. The molecule has 0 aliphatic rings. The molecular weight excluding hydrogens is 504 g/mol. The first-order chi connectivity index (χ1) is 19.2. The quantitative estimate of drug-likeness (QED) is 0.155. The second-order valence-corrected chi connectivity index (χ2v) is 9.54. The standard InChI is InChI=1S/C32H28N4O4/c1-40-24-10-11-25(28(16-24)32(38)39)26-15-21(31(35)37)7-8-22(26)17-36-18-23(13-19-5-3-2-4-6-19)27-14-20(30(33)34)9-12-29(27)36/h2-12,14-16,18H,13,17H2,1H3,(H3,33,34)(H2,35,37)(H,38,39). The summed E-state index contributed by atoms with van der Waals surface area (Å²) in [5.41, 5.74) is 17.3. The van der Waals surface area contributed by atoms with Gasteiger partial charge >= 0.3 is 5.97 Å². The number of nitrogens with zero attached hydrogens (tertiary/aromatic N) is 1. The Balaban J connectivity index is 1.67. The number of aromatic carboxylic acids is 1. The highest BCUT2D eigenvalue weighted by molar-refractivity contribution is 6.00. The fourth-order valence-corrected chi connectivity index (χ4v) is 4.99. The first-order valence-electron chi connectivity index (χ1n) is 12.6. The molecule has 0 atom stereocenters. The highest BCUT2D eigenvalue weighted by Gasteiger charge is 2.19. The first kappa shape index (κ1) is 26.2. The highest BCUT2D eigenvalue weighted by Crippen LogP contribution is 2.33. The number of carboxylic acid groups (broad SMARTS) is 1. The number of nitrogens with one attached hydrogen (secondary N) is 1. The lowest BCUT2D eigenvalue weighted by molar-refractivity contribution is 0.0697. The van der Waals surface area contributed by atoms with Gasteiger partial charge in [0.15, 0.2) is 0 Å². The predicted molar refractivity (Wildman–Crippen MR) is 155 cm³/mol. The van der Waals surface area contributed by atoms with Gasteiger partial charge in [-0.25, -0.2) is 4.79 Å². The number of primary amides is 1. The van der Waals surface area contributed by atoms with E-state index in [4.69, 9.17) is 21.6 Å². The molecule has 0 aliphatic carbocycles. The van der Waals surface area contributed by atoms with Crippen molar-refractivity contribution in [3.63, 3.8) is 0 Å². The van der Waals surface area contributed by atoms with E-state index in [0.29, 0.717) is 35.4 Å². The van der Waals surface area contributed by atoms with E-state index in [1.54, 1.807) is 30.3 Å². The molecule has 0 aliphatic heterocycles. The summed E-state index contributed by atoms with van der Waals surface area (Å²) in [6.07, 6.45) is 2.75. The molecule has 6 N–H and O–H groups in total. The number of nitrogen functional groups attached to an aromatic ring is 1. The second-order valence-electron chi connectivity index (χ2n) is 9.54. The average molecular weight is 533 g/mol. The largest absolute Gasteiger partial charge is 0.497 e. The first-order valence-corrected chi connectivity index (χ1v) is 12.6. The van der Waals surface area contributed by atoms with Crippen molar-refractivity contribution in [2.24, 2.45) is 11.5 Å². The molecule has 8 heteroatoms. The van der Waals surface area contributed by atoms with Gasteiger partial charge in [0.05, 0.1) is 12.7 Å². The van der Waals surface area contributed by atoms with E-state index in [0.717, 1.165) is 27.6 Å². The number of benzene rings is 4. The number of amidine groups is 1. The van der Waals surface area contributed by atoms with Crippen molar-refractivity contribution in [3.05, 3.63) is 125 Å². The molecule has 8 nitrogen and oxygen atoms in total. The Hall–Kier alpha value is -5.37. The number of hydrogen-bond acceptors (Lipinski definition) is 4. The van der Waals surface area contributed by atoms with Gasteiger partial charge < -0.3 is 25.9 Å². The Morgan fingerprint density at radius 1 is 0.875 bits per heavy atom.